The van der Waals surface area contributed by atoms with Crippen molar-refractivity contribution in [2.24, 2.45) is 7.05 Å². The van der Waals surface area contributed by atoms with Crippen molar-refractivity contribution in [3.63, 3.8) is 0 Å². The van der Waals surface area contributed by atoms with Crippen LogP contribution in [0.3, 0.4) is 0 Å². The molecule has 0 atom stereocenters. The van der Waals surface area contributed by atoms with E-state index in [0.717, 1.165) is 68.1 Å². The van der Waals surface area contributed by atoms with Crippen molar-refractivity contribution >= 4 is 22.4 Å². The van der Waals surface area contributed by atoms with E-state index in [0.29, 0.717) is 0 Å². The number of benzene rings is 1. The number of hydrogen-bond acceptors (Lipinski definition) is 6. The minimum Gasteiger partial charge on any atom is -0.369 e. The summed E-state index contributed by atoms with van der Waals surface area (Å²) in [7, 11) is 1.79. The van der Waals surface area contributed by atoms with Gasteiger partial charge >= 0.3 is 0 Å². The maximum absolute atomic E-state index is 11.9. The first-order valence-corrected chi connectivity index (χ1v) is 10.8. The first kappa shape index (κ1) is 19.1. The summed E-state index contributed by atoms with van der Waals surface area (Å²) in [5.41, 5.74) is 3.40. The minimum absolute atomic E-state index is 0.0540. The fourth-order valence-corrected chi connectivity index (χ4v) is 4.52. The molecule has 3 aromatic rings. The van der Waals surface area contributed by atoms with Gasteiger partial charge in [0.1, 0.15) is 12.1 Å². The zero-order valence-electron chi connectivity index (χ0n) is 17.5. The predicted molar refractivity (Wildman–Crippen MR) is 120 cm³/mol. The number of pyridine rings is 1. The Morgan fingerprint density at radius 1 is 0.900 bits per heavy atom. The van der Waals surface area contributed by atoms with Gasteiger partial charge in [0.2, 0.25) is 0 Å². The van der Waals surface area contributed by atoms with Crippen LogP contribution in [0.5, 0.6) is 0 Å². The van der Waals surface area contributed by atoms with Crippen LogP contribution < -0.4 is 15.4 Å². The molecule has 7 nitrogen and oxygen atoms in total. The molecule has 0 amide bonds. The number of hydrogen-bond donors (Lipinski definition) is 0. The Bertz CT molecular complexity index is 1100. The zero-order chi connectivity index (χ0) is 20.5. The molecule has 0 unspecified atom stereocenters. The molecule has 2 fully saturated rings. The van der Waals surface area contributed by atoms with Crippen molar-refractivity contribution < 1.29 is 0 Å². The monoisotopic (exact) mass is 404 g/mol. The quantitative estimate of drug-likeness (QED) is 0.665. The maximum Gasteiger partial charge on any atom is 0.250 e. The Kier molecular flexibility index (Phi) is 5.12. The van der Waals surface area contributed by atoms with E-state index in [-0.39, 0.29) is 5.56 Å². The highest BCUT2D eigenvalue weighted by atomic mass is 16.1. The van der Waals surface area contributed by atoms with Crippen molar-refractivity contribution in [3.05, 3.63) is 58.8 Å². The summed E-state index contributed by atoms with van der Waals surface area (Å²) in [4.78, 5) is 28.2. The van der Waals surface area contributed by atoms with Gasteiger partial charge in [0.15, 0.2) is 0 Å². The smallest absolute Gasteiger partial charge is 0.250 e. The SMILES string of the molecule is Cn1ccc(CN2CCN(c3ccc4ncnc(N5CCCC5)c4c3)CC2)cc1=O. The number of fused-ring (bicyclic) bond motifs is 1. The van der Waals surface area contributed by atoms with E-state index < -0.39 is 0 Å². The molecule has 2 aliphatic heterocycles. The number of nitrogens with zero attached hydrogens (tertiary/aromatic N) is 6. The van der Waals surface area contributed by atoms with Crippen molar-refractivity contribution in [2.75, 3.05) is 49.1 Å². The van der Waals surface area contributed by atoms with Gasteiger partial charge in [0, 0.05) is 76.2 Å². The van der Waals surface area contributed by atoms with Crippen LogP contribution in [0.2, 0.25) is 0 Å². The Balaban J connectivity index is 1.30. The van der Waals surface area contributed by atoms with Crippen molar-refractivity contribution in [2.45, 2.75) is 19.4 Å². The van der Waals surface area contributed by atoms with E-state index >= 15 is 0 Å². The number of rotatable bonds is 4. The normalized spacial score (nSPS) is 17.8. The predicted octanol–water partition coefficient (Wildman–Crippen LogP) is 2.25. The Hall–Kier alpha value is -2.93. The molecule has 2 saturated heterocycles. The highest BCUT2D eigenvalue weighted by Gasteiger charge is 2.20. The molecule has 30 heavy (non-hydrogen) atoms. The van der Waals surface area contributed by atoms with Crippen LogP contribution in [-0.2, 0) is 13.6 Å². The lowest BCUT2D eigenvalue weighted by Gasteiger charge is -2.36. The van der Waals surface area contributed by atoms with E-state index in [9.17, 15) is 4.79 Å². The molecule has 7 heteroatoms. The van der Waals surface area contributed by atoms with E-state index in [4.69, 9.17) is 0 Å². The maximum atomic E-state index is 11.9. The lowest BCUT2D eigenvalue weighted by Crippen LogP contribution is -2.46. The minimum atomic E-state index is 0.0540. The van der Waals surface area contributed by atoms with Crippen LogP contribution in [0.4, 0.5) is 11.5 Å². The second kappa shape index (κ2) is 8.07. The largest absolute Gasteiger partial charge is 0.369 e. The van der Waals surface area contributed by atoms with Crippen molar-refractivity contribution in [3.8, 4) is 0 Å². The fraction of sp³-hybridized carbons (Fsp3) is 0.435. The van der Waals surface area contributed by atoms with Crippen LogP contribution in [0.15, 0.2) is 47.7 Å². The lowest BCUT2D eigenvalue weighted by molar-refractivity contribution is 0.249. The van der Waals surface area contributed by atoms with E-state index in [1.54, 1.807) is 24.0 Å². The first-order valence-electron chi connectivity index (χ1n) is 10.8. The molecule has 0 aliphatic carbocycles. The topological polar surface area (TPSA) is 57.5 Å². The summed E-state index contributed by atoms with van der Waals surface area (Å²) in [6, 6.07) is 10.4. The van der Waals surface area contributed by atoms with Crippen molar-refractivity contribution in [1.29, 1.82) is 0 Å². The average Bonchev–Trinajstić information content (AvgIpc) is 3.31. The summed E-state index contributed by atoms with van der Waals surface area (Å²) in [5.74, 6) is 1.07. The number of aryl methyl sites for hydroxylation is 1. The number of aromatic nitrogens is 3. The van der Waals surface area contributed by atoms with Gasteiger partial charge in [-0.05, 0) is 42.7 Å². The summed E-state index contributed by atoms with van der Waals surface area (Å²) in [6.07, 6.45) is 6.01. The summed E-state index contributed by atoms with van der Waals surface area (Å²) in [5, 5.41) is 1.15. The third kappa shape index (κ3) is 3.77. The van der Waals surface area contributed by atoms with Crippen LogP contribution in [0.1, 0.15) is 18.4 Å². The van der Waals surface area contributed by atoms with Crippen LogP contribution in [0.25, 0.3) is 10.9 Å². The molecule has 4 heterocycles. The van der Waals surface area contributed by atoms with Crippen LogP contribution in [0, 0.1) is 0 Å². The third-order valence-corrected chi connectivity index (χ3v) is 6.32. The fourth-order valence-electron chi connectivity index (χ4n) is 4.52. The van der Waals surface area contributed by atoms with Gasteiger partial charge in [-0.15, -0.1) is 0 Å². The highest BCUT2D eigenvalue weighted by Crippen LogP contribution is 2.30. The summed E-state index contributed by atoms with van der Waals surface area (Å²) in [6.45, 7) is 6.91. The summed E-state index contributed by atoms with van der Waals surface area (Å²) < 4.78 is 1.61. The first-order chi connectivity index (χ1) is 14.7. The van der Waals surface area contributed by atoms with Crippen LogP contribution in [-0.4, -0.2) is 58.7 Å². The molecule has 156 valence electrons. The van der Waals surface area contributed by atoms with Gasteiger partial charge in [-0.2, -0.15) is 0 Å². The molecule has 2 aromatic heterocycles. The van der Waals surface area contributed by atoms with E-state index in [2.05, 4.69) is 42.9 Å². The van der Waals surface area contributed by atoms with Gasteiger partial charge in [0.05, 0.1) is 5.52 Å². The molecule has 1 aromatic carbocycles. The highest BCUT2D eigenvalue weighted by molar-refractivity contribution is 5.92. The molecular formula is C23H28N6O. The molecule has 0 bridgehead atoms. The molecule has 2 aliphatic rings. The van der Waals surface area contributed by atoms with Gasteiger partial charge in [-0.1, -0.05) is 0 Å². The molecule has 0 radical (unpaired) electrons. The molecule has 0 saturated carbocycles. The number of anilines is 2. The van der Waals surface area contributed by atoms with Crippen molar-refractivity contribution in [1.82, 2.24) is 19.4 Å². The molecule has 0 N–H and O–H groups in total. The van der Waals surface area contributed by atoms with Gasteiger partial charge in [-0.25, -0.2) is 9.97 Å². The Morgan fingerprint density at radius 3 is 2.47 bits per heavy atom. The zero-order valence-corrected chi connectivity index (χ0v) is 17.5. The third-order valence-electron chi connectivity index (χ3n) is 6.32. The van der Waals surface area contributed by atoms with E-state index in [1.807, 2.05) is 12.3 Å². The second-order valence-electron chi connectivity index (χ2n) is 8.34. The molecular weight excluding hydrogens is 376 g/mol. The Morgan fingerprint density at radius 2 is 1.70 bits per heavy atom. The van der Waals surface area contributed by atoms with Crippen LogP contribution >= 0.6 is 0 Å². The second-order valence-corrected chi connectivity index (χ2v) is 8.34. The molecule has 5 rings (SSSR count). The Labute approximate surface area is 176 Å². The van der Waals surface area contributed by atoms with Gasteiger partial charge in [0.25, 0.3) is 5.56 Å². The van der Waals surface area contributed by atoms with E-state index in [1.165, 1.54) is 18.5 Å². The standard InChI is InChI=1S/C23H28N6O/c1-26-9-6-18(14-22(26)30)16-27-10-12-28(13-11-27)19-4-5-21-20(15-19)23(25-17-24-21)29-7-2-3-8-29/h4-6,9,14-15,17H,2-3,7-8,10-13,16H2,1H3. The number of piperazine rings is 1. The molecule has 0 spiro atoms. The van der Waals surface area contributed by atoms with Gasteiger partial charge in [-0.3, -0.25) is 9.69 Å². The van der Waals surface area contributed by atoms with Gasteiger partial charge < -0.3 is 14.4 Å². The lowest BCUT2D eigenvalue weighted by atomic mass is 10.1. The summed E-state index contributed by atoms with van der Waals surface area (Å²) >= 11 is 0. The average molecular weight is 405 g/mol.